The molecule has 0 unspecified atom stereocenters. The van der Waals surface area contributed by atoms with E-state index in [4.69, 9.17) is 5.11 Å². The Morgan fingerprint density at radius 2 is 2.32 bits per heavy atom. The van der Waals surface area contributed by atoms with Crippen molar-refractivity contribution in [2.45, 2.75) is 25.3 Å². The molecule has 0 bridgehead atoms. The normalized spacial score (nSPS) is 14.3. The highest BCUT2D eigenvalue weighted by atomic mass is 32.1. The van der Waals surface area contributed by atoms with Crippen molar-refractivity contribution < 1.29 is 9.90 Å². The van der Waals surface area contributed by atoms with Crippen molar-refractivity contribution in [3.8, 4) is 0 Å². The van der Waals surface area contributed by atoms with Gasteiger partial charge in [0.15, 0.2) is 0 Å². The maximum absolute atomic E-state index is 10.7. The first kappa shape index (κ1) is 12.0. The zero-order chi connectivity index (χ0) is 13.2. The summed E-state index contributed by atoms with van der Waals surface area (Å²) >= 11 is 1.36. The van der Waals surface area contributed by atoms with Crippen LogP contribution in [-0.4, -0.2) is 25.4 Å². The minimum Gasteiger partial charge on any atom is -0.477 e. The molecular formula is C12H12N4O2S. The lowest BCUT2D eigenvalue weighted by atomic mass is 10.2. The van der Waals surface area contributed by atoms with Crippen LogP contribution in [0, 0.1) is 0 Å². The molecule has 0 amide bonds. The predicted octanol–water partition coefficient (Wildman–Crippen LogP) is 2.12. The largest absolute Gasteiger partial charge is 0.477 e. The van der Waals surface area contributed by atoms with Crippen molar-refractivity contribution in [1.82, 2.24) is 14.3 Å². The van der Waals surface area contributed by atoms with Crippen molar-refractivity contribution in [2.24, 2.45) is 0 Å². The van der Waals surface area contributed by atoms with Crippen LogP contribution in [0.15, 0.2) is 18.3 Å². The molecule has 3 rings (SSSR count). The van der Waals surface area contributed by atoms with Gasteiger partial charge < -0.3 is 10.4 Å². The van der Waals surface area contributed by atoms with Crippen LogP contribution in [0.1, 0.15) is 40.6 Å². The second-order valence-corrected chi connectivity index (χ2v) is 5.19. The van der Waals surface area contributed by atoms with Crippen LogP contribution in [0.5, 0.6) is 0 Å². The number of rotatable bonds is 5. The highest BCUT2D eigenvalue weighted by Gasteiger charge is 2.27. The van der Waals surface area contributed by atoms with Gasteiger partial charge in [0.2, 0.25) is 5.13 Å². The molecule has 1 fully saturated rings. The first-order valence-electron chi connectivity index (χ1n) is 5.98. The molecule has 98 valence electrons. The van der Waals surface area contributed by atoms with Crippen LogP contribution in [-0.2, 0) is 6.54 Å². The summed E-state index contributed by atoms with van der Waals surface area (Å²) in [4.78, 5) is 18.9. The molecule has 6 nitrogen and oxygen atoms in total. The molecule has 7 heteroatoms. The SMILES string of the molecule is O=C(O)c1ccc(CNc2nc(C3CC3)ns2)cn1. The predicted molar refractivity (Wildman–Crippen MR) is 70.4 cm³/mol. The molecule has 2 heterocycles. The van der Waals surface area contributed by atoms with Gasteiger partial charge in [0.1, 0.15) is 11.5 Å². The smallest absolute Gasteiger partial charge is 0.354 e. The van der Waals surface area contributed by atoms with Gasteiger partial charge in [-0.1, -0.05) is 6.07 Å². The number of pyridine rings is 1. The van der Waals surface area contributed by atoms with E-state index in [0.717, 1.165) is 16.5 Å². The molecule has 1 aliphatic carbocycles. The van der Waals surface area contributed by atoms with Crippen molar-refractivity contribution in [3.63, 3.8) is 0 Å². The van der Waals surface area contributed by atoms with E-state index in [9.17, 15) is 4.79 Å². The zero-order valence-corrected chi connectivity index (χ0v) is 10.9. The molecule has 0 aliphatic heterocycles. The molecular weight excluding hydrogens is 264 g/mol. The zero-order valence-electron chi connectivity index (χ0n) is 10.0. The van der Waals surface area contributed by atoms with Crippen molar-refractivity contribution in [2.75, 3.05) is 5.32 Å². The first-order chi connectivity index (χ1) is 9.22. The van der Waals surface area contributed by atoms with Crippen molar-refractivity contribution >= 4 is 22.6 Å². The molecule has 1 aliphatic rings. The van der Waals surface area contributed by atoms with E-state index < -0.39 is 5.97 Å². The van der Waals surface area contributed by atoms with Gasteiger partial charge in [0.25, 0.3) is 0 Å². The lowest BCUT2D eigenvalue weighted by molar-refractivity contribution is 0.0690. The van der Waals surface area contributed by atoms with Crippen molar-refractivity contribution in [1.29, 1.82) is 0 Å². The van der Waals surface area contributed by atoms with Crippen LogP contribution in [0.2, 0.25) is 0 Å². The Balaban J connectivity index is 1.59. The number of aromatic carboxylic acids is 1. The molecule has 0 atom stereocenters. The maximum Gasteiger partial charge on any atom is 0.354 e. The third kappa shape index (κ3) is 2.87. The number of carbonyl (C=O) groups is 1. The van der Waals surface area contributed by atoms with E-state index in [1.807, 2.05) is 0 Å². The standard InChI is InChI=1S/C12H12N4O2S/c17-11(18)9-4-1-7(5-13-9)6-14-12-15-10(16-19-12)8-2-3-8/h1,4-5,8H,2-3,6H2,(H,17,18)(H,14,15,16). The maximum atomic E-state index is 10.7. The summed E-state index contributed by atoms with van der Waals surface area (Å²) in [5.74, 6) is 0.480. The van der Waals surface area contributed by atoms with E-state index in [-0.39, 0.29) is 5.69 Å². The molecule has 0 radical (unpaired) electrons. The van der Waals surface area contributed by atoms with Crippen LogP contribution in [0.4, 0.5) is 5.13 Å². The highest BCUT2D eigenvalue weighted by molar-refractivity contribution is 7.09. The summed E-state index contributed by atoms with van der Waals surface area (Å²) in [7, 11) is 0. The average molecular weight is 276 g/mol. The molecule has 0 saturated heterocycles. The van der Waals surface area contributed by atoms with Crippen molar-refractivity contribution in [3.05, 3.63) is 35.4 Å². The number of aromatic nitrogens is 3. The topological polar surface area (TPSA) is 88.0 Å². The summed E-state index contributed by atoms with van der Waals surface area (Å²) in [6, 6.07) is 3.24. The van der Waals surface area contributed by atoms with E-state index >= 15 is 0 Å². The fourth-order valence-electron chi connectivity index (χ4n) is 1.65. The quantitative estimate of drug-likeness (QED) is 0.869. The first-order valence-corrected chi connectivity index (χ1v) is 6.75. The Kier molecular flexibility index (Phi) is 3.12. The number of nitrogens with one attached hydrogen (secondary N) is 1. The van der Waals surface area contributed by atoms with Gasteiger partial charge in [-0.15, -0.1) is 0 Å². The second kappa shape index (κ2) is 4.93. The number of anilines is 1. The average Bonchev–Trinajstić information content (AvgIpc) is 3.16. The molecule has 0 spiro atoms. The van der Waals surface area contributed by atoms with Gasteiger partial charge in [-0.05, 0) is 24.5 Å². The number of carboxylic acids is 1. The van der Waals surface area contributed by atoms with E-state index in [1.165, 1.54) is 30.4 Å². The van der Waals surface area contributed by atoms with E-state index in [1.54, 1.807) is 12.3 Å². The molecule has 2 aromatic rings. The third-order valence-electron chi connectivity index (χ3n) is 2.87. The molecule has 0 aromatic carbocycles. The van der Waals surface area contributed by atoms with Gasteiger partial charge in [-0.25, -0.2) is 14.8 Å². The fraction of sp³-hybridized carbons (Fsp3) is 0.333. The number of hydrogen-bond acceptors (Lipinski definition) is 6. The summed E-state index contributed by atoms with van der Waals surface area (Å²) in [6.45, 7) is 0.562. The Hall–Kier alpha value is -2.02. The van der Waals surface area contributed by atoms with Crippen LogP contribution >= 0.6 is 11.5 Å². The Labute approximate surface area is 113 Å². The van der Waals surface area contributed by atoms with E-state index in [2.05, 4.69) is 19.7 Å². The van der Waals surface area contributed by atoms with Gasteiger partial charge in [-0.3, -0.25) is 0 Å². The fourth-order valence-corrected chi connectivity index (χ4v) is 2.29. The van der Waals surface area contributed by atoms with Crippen LogP contribution < -0.4 is 5.32 Å². The Bertz CT molecular complexity index is 592. The Morgan fingerprint density at radius 1 is 1.47 bits per heavy atom. The van der Waals surface area contributed by atoms with Gasteiger partial charge in [-0.2, -0.15) is 4.37 Å². The number of hydrogen-bond donors (Lipinski definition) is 2. The van der Waals surface area contributed by atoms with Gasteiger partial charge in [0, 0.05) is 30.2 Å². The third-order valence-corrected chi connectivity index (χ3v) is 3.56. The van der Waals surface area contributed by atoms with Gasteiger partial charge in [0.05, 0.1) is 0 Å². The monoisotopic (exact) mass is 276 g/mol. The lowest BCUT2D eigenvalue weighted by Crippen LogP contribution is -2.03. The summed E-state index contributed by atoms with van der Waals surface area (Å²) in [6.07, 6.45) is 3.94. The summed E-state index contributed by atoms with van der Waals surface area (Å²) < 4.78 is 4.30. The molecule has 2 aromatic heterocycles. The van der Waals surface area contributed by atoms with E-state index in [0.29, 0.717) is 12.5 Å². The minimum absolute atomic E-state index is 0.0516. The molecule has 1 saturated carbocycles. The number of nitrogens with zero attached hydrogens (tertiary/aromatic N) is 3. The molecule has 19 heavy (non-hydrogen) atoms. The highest BCUT2D eigenvalue weighted by Crippen LogP contribution is 2.39. The van der Waals surface area contributed by atoms with Crippen LogP contribution in [0.3, 0.4) is 0 Å². The Morgan fingerprint density at radius 3 is 2.95 bits per heavy atom. The van der Waals surface area contributed by atoms with Crippen LogP contribution in [0.25, 0.3) is 0 Å². The minimum atomic E-state index is -1.02. The number of carboxylic acid groups (broad SMARTS) is 1. The summed E-state index contributed by atoms with van der Waals surface area (Å²) in [5, 5.41) is 12.7. The second-order valence-electron chi connectivity index (χ2n) is 4.44. The van der Waals surface area contributed by atoms with Gasteiger partial charge >= 0.3 is 5.97 Å². The summed E-state index contributed by atoms with van der Waals surface area (Å²) in [5.41, 5.74) is 0.962. The lowest BCUT2D eigenvalue weighted by Gasteiger charge is -2.02. The molecule has 2 N–H and O–H groups in total.